The van der Waals surface area contributed by atoms with E-state index in [1.165, 1.54) is 0 Å². The van der Waals surface area contributed by atoms with Crippen molar-refractivity contribution >= 4 is 22.6 Å². The van der Waals surface area contributed by atoms with Gasteiger partial charge in [-0.3, -0.25) is 4.98 Å². The van der Waals surface area contributed by atoms with Crippen LogP contribution in [0.3, 0.4) is 0 Å². The number of ether oxygens (including phenoxy) is 2. The van der Waals surface area contributed by atoms with Crippen LogP contribution in [0.5, 0.6) is 5.75 Å². The first kappa shape index (κ1) is 24.9. The number of cyclic esters (lactones) is 1. The number of nitrogens with zero attached hydrogens (tertiary/aromatic N) is 3. The van der Waals surface area contributed by atoms with Crippen LogP contribution in [-0.4, -0.2) is 35.2 Å². The van der Waals surface area contributed by atoms with Crippen molar-refractivity contribution in [3.8, 4) is 5.75 Å². The van der Waals surface area contributed by atoms with Gasteiger partial charge in [-0.15, -0.1) is 0 Å². The minimum atomic E-state index is -1.18. The Hall–Kier alpha value is -3.80. The zero-order valence-electron chi connectivity index (χ0n) is 22.4. The first-order valence-corrected chi connectivity index (χ1v) is 13.3. The van der Waals surface area contributed by atoms with Crippen molar-refractivity contribution in [3.05, 3.63) is 88.9 Å². The maximum absolute atomic E-state index is 13.4. The summed E-state index contributed by atoms with van der Waals surface area (Å²) in [6, 6.07) is 16.4. The highest BCUT2D eigenvalue weighted by Gasteiger charge is 2.52. The maximum atomic E-state index is 13.4. The normalized spacial score (nSPS) is 16.6. The molecular weight excluding hydrogens is 462 g/mol. The first-order valence-electron chi connectivity index (χ1n) is 13.3. The topological polar surface area (TPSA) is 56.6 Å². The van der Waals surface area contributed by atoms with Crippen LogP contribution in [0.4, 0.5) is 5.69 Å². The smallest absolute Gasteiger partial charge is 0.340 e. The summed E-state index contributed by atoms with van der Waals surface area (Å²) < 4.78 is 15.2. The Kier molecular flexibility index (Phi) is 6.67. The van der Waals surface area contributed by atoms with Crippen LogP contribution in [0.2, 0.25) is 0 Å². The van der Waals surface area contributed by atoms with Crippen LogP contribution in [0.25, 0.3) is 10.9 Å². The van der Waals surface area contributed by atoms with Gasteiger partial charge in [0.2, 0.25) is 0 Å². The fraction of sp³-hybridized carbons (Fsp3) is 0.355. The lowest BCUT2D eigenvalue weighted by molar-refractivity contribution is 0.0245. The SMILES string of the molecule is CCCOc1cc(N(CC)CC)ccc1C1(c2c(C)n(CC)c3ccccc23)OC(=O)c2ccncc21. The number of carbonyl (C=O) groups excluding carboxylic acids is 1. The number of rotatable bonds is 9. The molecule has 1 atom stereocenters. The van der Waals surface area contributed by atoms with E-state index in [2.05, 4.69) is 85.5 Å². The van der Waals surface area contributed by atoms with Crippen molar-refractivity contribution in [2.24, 2.45) is 0 Å². The minimum absolute atomic E-state index is 0.348. The molecule has 6 heteroatoms. The second kappa shape index (κ2) is 9.92. The average molecular weight is 498 g/mol. The summed E-state index contributed by atoms with van der Waals surface area (Å²) >= 11 is 0. The number of hydrogen-bond donors (Lipinski definition) is 0. The molecule has 4 aromatic rings. The number of para-hydroxylation sites is 1. The molecule has 0 aliphatic carbocycles. The first-order chi connectivity index (χ1) is 18.0. The van der Waals surface area contributed by atoms with Crippen molar-refractivity contribution in [1.29, 1.82) is 0 Å². The number of anilines is 1. The quantitative estimate of drug-likeness (QED) is 0.248. The van der Waals surface area contributed by atoms with Gasteiger partial charge >= 0.3 is 5.97 Å². The molecule has 6 nitrogen and oxygen atoms in total. The second-order valence-electron chi connectivity index (χ2n) is 9.41. The number of carbonyl (C=O) groups is 1. The molecule has 5 rings (SSSR count). The van der Waals surface area contributed by atoms with Gasteiger partial charge in [0.25, 0.3) is 0 Å². The highest BCUT2D eigenvalue weighted by molar-refractivity contribution is 5.98. The molecule has 0 bridgehead atoms. The molecule has 192 valence electrons. The summed E-state index contributed by atoms with van der Waals surface area (Å²) in [5, 5.41) is 1.06. The van der Waals surface area contributed by atoms with Gasteiger partial charge in [0, 0.05) is 77.1 Å². The van der Waals surface area contributed by atoms with Crippen LogP contribution in [0.1, 0.15) is 66.9 Å². The van der Waals surface area contributed by atoms with Gasteiger partial charge in [0.15, 0.2) is 5.60 Å². The Balaban J connectivity index is 1.89. The van der Waals surface area contributed by atoms with Gasteiger partial charge in [0.1, 0.15) is 5.75 Å². The fourth-order valence-corrected chi connectivity index (χ4v) is 5.82. The zero-order valence-corrected chi connectivity index (χ0v) is 22.4. The monoisotopic (exact) mass is 497 g/mol. The van der Waals surface area contributed by atoms with Crippen molar-refractivity contribution in [2.75, 3.05) is 24.6 Å². The molecule has 0 saturated carbocycles. The van der Waals surface area contributed by atoms with Crippen molar-refractivity contribution in [1.82, 2.24) is 9.55 Å². The molecule has 2 aromatic carbocycles. The number of hydrogen-bond acceptors (Lipinski definition) is 5. The number of esters is 1. The number of fused-ring (bicyclic) bond motifs is 2. The maximum Gasteiger partial charge on any atom is 0.340 e. The Morgan fingerprint density at radius 3 is 2.54 bits per heavy atom. The van der Waals surface area contributed by atoms with Gasteiger partial charge in [-0.2, -0.15) is 0 Å². The van der Waals surface area contributed by atoms with Gasteiger partial charge in [-0.25, -0.2) is 4.79 Å². The number of pyridine rings is 1. The minimum Gasteiger partial charge on any atom is -0.493 e. The van der Waals surface area contributed by atoms with Crippen LogP contribution < -0.4 is 9.64 Å². The van der Waals surface area contributed by atoms with Crippen LogP contribution in [0.15, 0.2) is 60.9 Å². The molecule has 0 fully saturated rings. The Morgan fingerprint density at radius 1 is 1.03 bits per heavy atom. The summed E-state index contributed by atoms with van der Waals surface area (Å²) in [7, 11) is 0. The third kappa shape index (κ3) is 3.78. The van der Waals surface area contributed by atoms with E-state index in [1.807, 2.05) is 6.07 Å². The molecular formula is C31H35N3O3. The third-order valence-corrected chi connectivity index (χ3v) is 7.50. The number of benzene rings is 2. The summed E-state index contributed by atoms with van der Waals surface area (Å²) in [6.07, 6.45) is 4.30. The lowest BCUT2D eigenvalue weighted by Crippen LogP contribution is -2.31. The lowest BCUT2D eigenvalue weighted by atomic mass is 9.78. The predicted molar refractivity (Wildman–Crippen MR) is 148 cm³/mol. The van der Waals surface area contributed by atoms with E-state index < -0.39 is 5.60 Å². The Bertz CT molecular complexity index is 1450. The Morgan fingerprint density at radius 2 is 1.81 bits per heavy atom. The van der Waals surface area contributed by atoms with Crippen LogP contribution >= 0.6 is 0 Å². The van der Waals surface area contributed by atoms with Crippen LogP contribution in [-0.2, 0) is 16.9 Å². The molecule has 1 unspecified atom stereocenters. The molecule has 1 aliphatic rings. The third-order valence-electron chi connectivity index (χ3n) is 7.50. The van der Waals surface area contributed by atoms with Gasteiger partial charge < -0.3 is 18.9 Å². The summed E-state index contributed by atoms with van der Waals surface area (Å²) in [4.78, 5) is 20.2. The van der Waals surface area contributed by atoms with E-state index in [0.29, 0.717) is 12.2 Å². The highest BCUT2D eigenvalue weighted by atomic mass is 16.6. The Labute approximate surface area is 218 Å². The largest absolute Gasteiger partial charge is 0.493 e. The van der Waals surface area contributed by atoms with E-state index in [1.54, 1.807) is 18.5 Å². The van der Waals surface area contributed by atoms with Crippen LogP contribution in [0, 0.1) is 6.92 Å². The standard InChI is InChI=1S/C31H35N3O3/c1-6-18-36-28-19-22(33(7-2)8-3)14-15-25(28)31(26-20-32-17-16-23(26)30(35)37-31)29-21(5)34(9-4)27-13-11-10-12-24(27)29/h10-17,19-20H,6-9,18H2,1-5H3. The average Bonchev–Trinajstić information content (AvgIpc) is 3.39. The van der Waals surface area contributed by atoms with Crippen molar-refractivity contribution in [2.45, 2.75) is 53.2 Å². The number of aryl methyl sites for hydroxylation is 1. The summed E-state index contributed by atoms with van der Waals surface area (Å²) in [5.41, 5.74) is 5.13. The van der Waals surface area contributed by atoms with E-state index in [-0.39, 0.29) is 5.97 Å². The molecule has 3 heterocycles. The van der Waals surface area contributed by atoms with Crippen molar-refractivity contribution in [3.63, 3.8) is 0 Å². The zero-order chi connectivity index (χ0) is 26.2. The molecule has 0 amide bonds. The van der Waals surface area contributed by atoms with E-state index in [0.717, 1.165) is 70.8 Å². The van der Waals surface area contributed by atoms with Gasteiger partial charge in [-0.05, 0) is 58.4 Å². The predicted octanol–water partition coefficient (Wildman–Crippen LogP) is 6.46. The molecule has 1 aliphatic heterocycles. The highest BCUT2D eigenvalue weighted by Crippen LogP contribution is 2.53. The number of aromatic nitrogens is 2. The molecule has 37 heavy (non-hydrogen) atoms. The van der Waals surface area contributed by atoms with E-state index in [9.17, 15) is 4.79 Å². The second-order valence-corrected chi connectivity index (χ2v) is 9.41. The fourth-order valence-electron chi connectivity index (χ4n) is 5.82. The van der Waals surface area contributed by atoms with E-state index in [4.69, 9.17) is 9.47 Å². The molecule has 0 N–H and O–H groups in total. The molecule has 0 saturated heterocycles. The summed E-state index contributed by atoms with van der Waals surface area (Å²) in [5.74, 6) is 0.378. The van der Waals surface area contributed by atoms with Gasteiger partial charge in [-0.1, -0.05) is 25.1 Å². The molecule has 0 spiro atoms. The lowest BCUT2D eigenvalue weighted by Gasteiger charge is -2.33. The van der Waals surface area contributed by atoms with Gasteiger partial charge in [0.05, 0.1) is 12.2 Å². The molecule has 2 aromatic heterocycles. The molecule has 0 radical (unpaired) electrons. The van der Waals surface area contributed by atoms with Crippen molar-refractivity contribution < 1.29 is 14.3 Å². The van der Waals surface area contributed by atoms with E-state index >= 15 is 0 Å². The summed E-state index contributed by atoms with van der Waals surface area (Å²) in [6.45, 7) is 13.8.